The van der Waals surface area contributed by atoms with E-state index in [1.807, 2.05) is 0 Å². The highest BCUT2D eigenvalue weighted by Crippen LogP contribution is 2.29. The first kappa shape index (κ1) is 14.2. The molecule has 3 N–H and O–H groups in total. The van der Waals surface area contributed by atoms with Gasteiger partial charge in [0, 0.05) is 25.7 Å². The van der Waals surface area contributed by atoms with E-state index in [1.165, 1.54) is 18.2 Å². The summed E-state index contributed by atoms with van der Waals surface area (Å²) in [6.07, 6.45) is -0.771. The fourth-order valence-electron chi connectivity index (χ4n) is 1.57. The predicted octanol–water partition coefficient (Wildman–Crippen LogP) is 0.773. The van der Waals surface area contributed by atoms with Gasteiger partial charge in [-0.25, -0.2) is 0 Å². The number of hydrogen-bond donors (Lipinski definition) is 3. The van der Waals surface area contributed by atoms with Crippen LogP contribution in [-0.2, 0) is 0 Å². The molecule has 0 saturated heterocycles. The van der Waals surface area contributed by atoms with Crippen molar-refractivity contribution in [1.29, 1.82) is 0 Å². The maximum absolute atomic E-state index is 10.7. The smallest absolute Gasteiger partial charge is 0.271 e. The standard InChI is InChI=1S/C11H17N3O4/c1-8(16)12-10-4-3-9(14(17)18)7-11(10)13(2)5-6-15/h3-4,7-8,12,15-16H,5-6H2,1-2H3. The van der Waals surface area contributed by atoms with Gasteiger partial charge in [0.25, 0.3) is 5.69 Å². The van der Waals surface area contributed by atoms with Crippen molar-refractivity contribution in [3.05, 3.63) is 28.3 Å². The quantitative estimate of drug-likeness (QED) is 0.394. The lowest BCUT2D eigenvalue weighted by molar-refractivity contribution is -0.384. The summed E-state index contributed by atoms with van der Waals surface area (Å²) in [6.45, 7) is 1.83. The molecule has 0 amide bonds. The molecule has 0 spiro atoms. The van der Waals surface area contributed by atoms with Crippen LogP contribution in [-0.4, -0.2) is 41.6 Å². The zero-order valence-electron chi connectivity index (χ0n) is 10.3. The van der Waals surface area contributed by atoms with Crippen LogP contribution in [0, 0.1) is 10.1 Å². The van der Waals surface area contributed by atoms with Crippen molar-refractivity contribution in [2.75, 3.05) is 30.4 Å². The SMILES string of the molecule is CC(O)Nc1ccc([N+](=O)[O-])cc1N(C)CCO. The number of hydrogen-bond acceptors (Lipinski definition) is 6. The molecule has 0 bridgehead atoms. The predicted molar refractivity (Wildman–Crippen MR) is 68.8 cm³/mol. The molecule has 1 rings (SSSR count). The molecule has 0 heterocycles. The number of nitro benzene ring substituents is 1. The van der Waals surface area contributed by atoms with Crippen molar-refractivity contribution >= 4 is 17.1 Å². The van der Waals surface area contributed by atoms with Crippen molar-refractivity contribution < 1.29 is 15.1 Å². The van der Waals surface area contributed by atoms with E-state index in [9.17, 15) is 15.2 Å². The van der Waals surface area contributed by atoms with Gasteiger partial charge < -0.3 is 20.4 Å². The highest BCUT2D eigenvalue weighted by atomic mass is 16.6. The summed E-state index contributed by atoms with van der Waals surface area (Å²) in [4.78, 5) is 11.9. The molecule has 1 unspecified atom stereocenters. The van der Waals surface area contributed by atoms with Crippen molar-refractivity contribution in [1.82, 2.24) is 0 Å². The Kier molecular flexibility index (Phi) is 4.87. The van der Waals surface area contributed by atoms with E-state index in [1.54, 1.807) is 18.9 Å². The van der Waals surface area contributed by atoms with Crippen LogP contribution in [0.3, 0.4) is 0 Å². The molecule has 0 fully saturated rings. The highest BCUT2D eigenvalue weighted by molar-refractivity contribution is 5.73. The molecule has 0 aromatic heterocycles. The summed E-state index contributed by atoms with van der Waals surface area (Å²) >= 11 is 0. The maximum atomic E-state index is 10.7. The summed E-state index contributed by atoms with van der Waals surface area (Å²) in [5.74, 6) is 0. The molecule has 0 aliphatic heterocycles. The third-order valence-corrected chi connectivity index (χ3v) is 2.40. The Morgan fingerprint density at radius 3 is 2.72 bits per heavy atom. The second-order valence-corrected chi connectivity index (χ2v) is 3.92. The first-order valence-electron chi connectivity index (χ1n) is 5.50. The number of rotatable bonds is 6. The molecule has 1 atom stereocenters. The third-order valence-electron chi connectivity index (χ3n) is 2.40. The molecule has 0 saturated carbocycles. The van der Waals surface area contributed by atoms with Crippen LogP contribution in [0.15, 0.2) is 18.2 Å². The first-order valence-corrected chi connectivity index (χ1v) is 5.50. The van der Waals surface area contributed by atoms with Crippen LogP contribution in [0.5, 0.6) is 0 Å². The van der Waals surface area contributed by atoms with Crippen LogP contribution >= 0.6 is 0 Å². The summed E-state index contributed by atoms with van der Waals surface area (Å²) in [6, 6.07) is 4.30. The number of likely N-dealkylation sites (N-methyl/N-ethyl adjacent to an activating group) is 1. The van der Waals surface area contributed by atoms with Gasteiger partial charge >= 0.3 is 0 Å². The van der Waals surface area contributed by atoms with Crippen LogP contribution in [0.4, 0.5) is 17.1 Å². The molecule has 0 radical (unpaired) electrons. The van der Waals surface area contributed by atoms with E-state index in [0.717, 1.165) is 0 Å². The van der Waals surface area contributed by atoms with Gasteiger partial charge in [0.2, 0.25) is 0 Å². The Balaban J connectivity index is 3.12. The molecule has 0 aliphatic carbocycles. The van der Waals surface area contributed by atoms with Gasteiger partial charge in [-0.05, 0) is 13.0 Å². The number of anilines is 2. The van der Waals surface area contributed by atoms with Gasteiger partial charge in [-0.15, -0.1) is 0 Å². The summed E-state index contributed by atoms with van der Waals surface area (Å²) in [5.41, 5.74) is 1.09. The van der Waals surface area contributed by atoms with Gasteiger partial charge in [0.1, 0.15) is 6.23 Å². The van der Waals surface area contributed by atoms with Gasteiger partial charge in [0.05, 0.1) is 22.9 Å². The number of nitro groups is 1. The minimum absolute atomic E-state index is 0.0362. The number of nitrogens with one attached hydrogen (secondary N) is 1. The Morgan fingerprint density at radius 1 is 1.56 bits per heavy atom. The maximum Gasteiger partial charge on any atom is 0.271 e. The van der Waals surface area contributed by atoms with E-state index >= 15 is 0 Å². The van der Waals surface area contributed by atoms with E-state index in [0.29, 0.717) is 17.9 Å². The topological polar surface area (TPSA) is 98.9 Å². The average molecular weight is 255 g/mol. The van der Waals surface area contributed by atoms with Crippen LogP contribution < -0.4 is 10.2 Å². The lowest BCUT2D eigenvalue weighted by atomic mass is 10.2. The molecular weight excluding hydrogens is 238 g/mol. The van der Waals surface area contributed by atoms with E-state index in [4.69, 9.17) is 5.11 Å². The number of aliphatic hydroxyl groups is 2. The fourth-order valence-corrected chi connectivity index (χ4v) is 1.57. The second kappa shape index (κ2) is 6.18. The number of nitrogens with zero attached hydrogens (tertiary/aromatic N) is 2. The molecule has 0 aliphatic rings. The number of benzene rings is 1. The van der Waals surface area contributed by atoms with Crippen molar-refractivity contribution in [2.24, 2.45) is 0 Å². The van der Waals surface area contributed by atoms with E-state index in [-0.39, 0.29) is 12.3 Å². The minimum Gasteiger partial charge on any atom is -0.395 e. The summed E-state index contributed by atoms with van der Waals surface area (Å²) in [5, 5.41) is 31.7. The molecular formula is C11H17N3O4. The monoisotopic (exact) mass is 255 g/mol. The molecule has 18 heavy (non-hydrogen) atoms. The van der Waals surface area contributed by atoms with Crippen molar-refractivity contribution in [3.63, 3.8) is 0 Å². The minimum atomic E-state index is -0.771. The Labute approximate surface area is 105 Å². The number of aliphatic hydroxyl groups excluding tert-OH is 2. The van der Waals surface area contributed by atoms with E-state index in [2.05, 4.69) is 5.32 Å². The lowest BCUT2D eigenvalue weighted by Gasteiger charge is -2.22. The Morgan fingerprint density at radius 2 is 2.22 bits per heavy atom. The summed E-state index contributed by atoms with van der Waals surface area (Å²) < 4.78 is 0. The Hall–Kier alpha value is -1.86. The second-order valence-electron chi connectivity index (χ2n) is 3.92. The van der Waals surface area contributed by atoms with Crippen molar-refractivity contribution in [3.8, 4) is 0 Å². The molecule has 1 aromatic rings. The van der Waals surface area contributed by atoms with Gasteiger partial charge in [-0.2, -0.15) is 0 Å². The fraction of sp³-hybridized carbons (Fsp3) is 0.455. The van der Waals surface area contributed by atoms with Gasteiger partial charge in [-0.1, -0.05) is 0 Å². The van der Waals surface area contributed by atoms with Gasteiger partial charge in [0.15, 0.2) is 0 Å². The normalized spacial score (nSPS) is 12.0. The lowest BCUT2D eigenvalue weighted by Crippen LogP contribution is -2.24. The largest absolute Gasteiger partial charge is 0.395 e. The Bertz CT molecular complexity index is 423. The third kappa shape index (κ3) is 3.57. The molecule has 7 heteroatoms. The first-order chi connectivity index (χ1) is 8.45. The average Bonchev–Trinajstić information content (AvgIpc) is 2.28. The van der Waals surface area contributed by atoms with Crippen molar-refractivity contribution in [2.45, 2.75) is 13.2 Å². The highest BCUT2D eigenvalue weighted by Gasteiger charge is 2.14. The van der Waals surface area contributed by atoms with Crippen LogP contribution in [0.2, 0.25) is 0 Å². The van der Waals surface area contributed by atoms with Crippen LogP contribution in [0.1, 0.15) is 6.92 Å². The van der Waals surface area contributed by atoms with Crippen LogP contribution in [0.25, 0.3) is 0 Å². The van der Waals surface area contributed by atoms with Gasteiger partial charge in [-0.3, -0.25) is 10.1 Å². The summed E-state index contributed by atoms with van der Waals surface area (Å²) in [7, 11) is 1.71. The molecule has 7 nitrogen and oxygen atoms in total. The zero-order valence-corrected chi connectivity index (χ0v) is 10.3. The molecule has 100 valence electrons. The number of non-ortho nitro benzene ring substituents is 1. The molecule has 1 aromatic carbocycles. The van der Waals surface area contributed by atoms with E-state index < -0.39 is 11.2 Å². The zero-order chi connectivity index (χ0) is 13.7.